The highest BCUT2D eigenvalue weighted by atomic mass is 16.5. The number of H-pyrrole nitrogens is 1. The summed E-state index contributed by atoms with van der Waals surface area (Å²) in [6, 6.07) is 6.06. The van der Waals surface area contributed by atoms with Crippen molar-refractivity contribution >= 4 is 10.9 Å². The first kappa shape index (κ1) is 16.8. The average Bonchev–Trinajstić information content (AvgIpc) is 2.92. The molecule has 1 N–H and O–H groups in total. The molecular weight excluding hydrogens is 278 g/mol. The Morgan fingerprint density at radius 3 is 2.86 bits per heavy atom. The number of hydrogen-bond acceptors (Lipinski definition) is 4. The van der Waals surface area contributed by atoms with Gasteiger partial charge in [0.05, 0.1) is 17.8 Å². The van der Waals surface area contributed by atoms with E-state index in [0.29, 0.717) is 6.61 Å². The van der Waals surface area contributed by atoms with Gasteiger partial charge in [0.1, 0.15) is 5.75 Å². The maximum atomic E-state index is 5.78. The van der Waals surface area contributed by atoms with Gasteiger partial charge in [0.2, 0.25) is 0 Å². The third-order valence-electron chi connectivity index (χ3n) is 3.69. The topological polar surface area (TPSA) is 50.4 Å². The summed E-state index contributed by atoms with van der Waals surface area (Å²) >= 11 is 0. The second kappa shape index (κ2) is 8.76. The van der Waals surface area contributed by atoms with Gasteiger partial charge in [-0.1, -0.05) is 13.3 Å². The Hall–Kier alpha value is -1.59. The minimum atomic E-state index is 0.670. The number of benzene rings is 1. The lowest BCUT2D eigenvalue weighted by molar-refractivity contribution is 0.172. The highest BCUT2D eigenvalue weighted by Crippen LogP contribution is 2.23. The Morgan fingerprint density at radius 1 is 1.23 bits per heavy atom. The molecule has 0 unspecified atom stereocenters. The van der Waals surface area contributed by atoms with E-state index in [9.17, 15) is 0 Å². The minimum Gasteiger partial charge on any atom is -0.493 e. The fraction of sp³-hybridized carbons (Fsp3) is 0.588. The number of fused-ring (bicyclic) bond motifs is 1. The number of methoxy groups -OCH3 is 1. The Morgan fingerprint density at radius 2 is 2.09 bits per heavy atom. The van der Waals surface area contributed by atoms with Crippen molar-refractivity contribution in [1.29, 1.82) is 0 Å². The fourth-order valence-corrected chi connectivity index (χ4v) is 2.42. The first-order valence-electron chi connectivity index (χ1n) is 8.02. The number of aromatic nitrogens is 2. The van der Waals surface area contributed by atoms with E-state index in [1.807, 2.05) is 12.1 Å². The molecule has 122 valence electrons. The zero-order chi connectivity index (χ0) is 15.8. The van der Waals surface area contributed by atoms with Crippen LogP contribution in [0, 0.1) is 0 Å². The highest BCUT2D eigenvalue weighted by molar-refractivity contribution is 5.82. The van der Waals surface area contributed by atoms with Crippen LogP contribution in [0.4, 0.5) is 0 Å². The molecule has 0 saturated carbocycles. The molecule has 0 aliphatic carbocycles. The van der Waals surface area contributed by atoms with Crippen LogP contribution in [0.25, 0.3) is 10.9 Å². The van der Waals surface area contributed by atoms with Crippen LogP contribution in [0.3, 0.4) is 0 Å². The van der Waals surface area contributed by atoms with Gasteiger partial charge in [0.15, 0.2) is 0 Å². The second-order valence-electron chi connectivity index (χ2n) is 5.67. The maximum absolute atomic E-state index is 5.78. The SMILES string of the molecule is CCCCN(C)Cc1[nH]nc2ccc(OCCCOC)cc12. The number of aromatic amines is 1. The number of hydrogen-bond donors (Lipinski definition) is 1. The quantitative estimate of drug-likeness (QED) is 0.685. The maximum Gasteiger partial charge on any atom is 0.120 e. The molecule has 0 aliphatic rings. The van der Waals surface area contributed by atoms with E-state index in [1.165, 1.54) is 12.8 Å². The molecule has 1 aromatic carbocycles. The molecule has 0 amide bonds. The molecule has 0 spiro atoms. The van der Waals surface area contributed by atoms with Gasteiger partial charge in [0.25, 0.3) is 0 Å². The van der Waals surface area contributed by atoms with Crippen molar-refractivity contribution in [3.63, 3.8) is 0 Å². The molecule has 1 aromatic heterocycles. The average molecular weight is 305 g/mol. The van der Waals surface area contributed by atoms with Crippen LogP contribution >= 0.6 is 0 Å². The highest BCUT2D eigenvalue weighted by Gasteiger charge is 2.09. The third kappa shape index (κ3) is 4.71. The lowest BCUT2D eigenvalue weighted by Crippen LogP contribution is -2.19. The van der Waals surface area contributed by atoms with E-state index in [4.69, 9.17) is 9.47 Å². The number of nitrogens with one attached hydrogen (secondary N) is 1. The summed E-state index contributed by atoms with van der Waals surface area (Å²) in [5.41, 5.74) is 2.14. The van der Waals surface area contributed by atoms with Crippen LogP contribution < -0.4 is 4.74 Å². The molecule has 0 saturated heterocycles. The summed E-state index contributed by atoms with van der Waals surface area (Å²) in [6.45, 7) is 5.59. The van der Waals surface area contributed by atoms with Crippen LogP contribution in [-0.2, 0) is 11.3 Å². The smallest absolute Gasteiger partial charge is 0.120 e. The summed E-state index contributed by atoms with van der Waals surface area (Å²) in [5, 5.41) is 8.68. The van der Waals surface area contributed by atoms with Crippen molar-refractivity contribution in [2.75, 3.05) is 33.9 Å². The minimum absolute atomic E-state index is 0.670. The molecule has 2 aromatic rings. The largest absolute Gasteiger partial charge is 0.493 e. The summed E-state index contributed by atoms with van der Waals surface area (Å²) in [6.07, 6.45) is 3.33. The van der Waals surface area contributed by atoms with Crippen LogP contribution in [0.5, 0.6) is 5.75 Å². The first-order chi connectivity index (χ1) is 10.7. The number of nitrogens with zero attached hydrogens (tertiary/aromatic N) is 2. The van der Waals surface area contributed by atoms with E-state index < -0.39 is 0 Å². The van der Waals surface area contributed by atoms with Crippen molar-refractivity contribution in [1.82, 2.24) is 15.1 Å². The molecule has 0 bridgehead atoms. The molecule has 5 heteroatoms. The summed E-state index contributed by atoms with van der Waals surface area (Å²) in [4.78, 5) is 2.32. The van der Waals surface area contributed by atoms with Crippen molar-refractivity contribution < 1.29 is 9.47 Å². The molecule has 2 rings (SSSR count). The van der Waals surface area contributed by atoms with Gasteiger partial charge in [-0.05, 0) is 38.2 Å². The normalized spacial score (nSPS) is 11.5. The second-order valence-corrected chi connectivity index (χ2v) is 5.67. The van der Waals surface area contributed by atoms with Gasteiger partial charge >= 0.3 is 0 Å². The van der Waals surface area contributed by atoms with Crippen molar-refractivity contribution in [2.45, 2.75) is 32.7 Å². The summed E-state index contributed by atoms with van der Waals surface area (Å²) in [7, 11) is 3.85. The summed E-state index contributed by atoms with van der Waals surface area (Å²) in [5.74, 6) is 0.891. The van der Waals surface area contributed by atoms with Crippen molar-refractivity contribution in [3.05, 3.63) is 23.9 Å². The zero-order valence-electron chi connectivity index (χ0n) is 13.9. The van der Waals surface area contributed by atoms with E-state index in [1.54, 1.807) is 7.11 Å². The van der Waals surface area contributed by atoms with Gasteiger partial charge < -0.3 is 14.4 Å². The van der Waals surface area contributed by atoms with Crippen LogP contribution in [0.2, 0.25) is 0 Å². The van der Waals surface area contributed by atoms with Gasteiger partial charge in [-0.15, -0.1) is 0 Å². The standard InChI is InChI=1S/C17H27N3O2/c1-4-5-9-20(2)13-17-15-12-14(22-11-6-10-21-3)7-8-16(15)18-19-17/h7-8,12H,4-6,9-11,13H2,1-3H3,(H,18,19). The predicted octanol–water partition coefficient (Wildman–Crippen LogP) is 3.21. The Kier molecular flexibility index (Phi) is 6.68. The van der Waals surface area contributed by atoms with Gasteiger partial charge in [-0.25, -0.2) is 0 Å². The van der Waals surface area contributed by atoms with Crippen molar-refractivity contribution in [3.8, 4) is 5.75 Å². The zero-order valence-corrected chi connectivity index (χ0v) is 13.9. The van der Waals surface area contributed by atoms with E-state index >= 15 is 0 Å². The van der Waals surface area contributed by atoms with E-state index in [0.717, 1.165) is 48.5 Å². The lowest BCUT2D eigenvalue weighted by atomic mass is 10.2. The first-order valence-corrected chi connectivity index (χ1v) is 8.02. The fourth-order valence-electron chi connectivity index (χ4n) is 2.42. The Balaban J connectivity index is 2.01. The molecular formula is C17H27N3O2. The van der Waals surface area contributed by atoms with Gasteiger partial charge in [-0.2, -0.15) is 5.10 Å². The van der Waals surface area contributed by atoms with Crippen LogP contribution in [0.1, 0.15) is 31.9 Å². The third-order valence-corrected chi connectivity index (χ3v) is 3.69. The molecule has 0 radical (unpaired) electrons. The van der Waals surface area contributed by atoms with Gasteiger partial charge in [-0.3, -0.25) is 5.10 Å². The molecule has 1 heterocycles. The lowest BCUT2D eigenvalue weighted by Gasteiger charge is -2.15. The van der Waals surface area contributed by atoms with E-state index in [-0.39, 0.29) is 0 Å². The molecule has 5 nitrogen and oxygen atoms in total. The molecule has 0 aliphatic heterocycles. The van der Waals surface area contributed by atoms with Crippen LogP contribution in [-0.4, -0.2) is 49.0 Å². The van der Waals surface area contributed by atoms with Crippen molar-refractivity contribution in [2.24, 2.45) is 0 Å². The molecule has 22 heavy (non-hydrogen) atoms. The van der Waals surface area contributed by atoms with E-state index in [2.05, 4.69) is 35.1 Å². The monoisotopic (exact) mass is 305 g/mol. The molecule has 0 fully saturated rings. The molecule has 0 atom stereocenters. The number of unbranched alkanes of at least 4 members (excludes halogenated alkanes) is 1. The van der Waals surface area contributed by atoms with Gasteiger partial charge in [0, 0.05) is 32.1 Å². The number of rotatable bonds is 10. The Labute approximate surface area is 132 Å². The Bertz CT molecular complexity index is 568. The predicted molar refractivity (Wildman–Crippen MR) is 89.3 cm³/mol. The summed E-state index contributed by atoms with van der Waals surface area (Å²) < 4.78 is 10.8. The van der Waals surface area contributed by atoms with Crippen LogP contribution in [0.15, 0.2) is 18.2 Å². The number of ether oxygens (including phenoxy) is 2.